The van der Waals surface area contributed by atoms with Gasteiger partial charge in [-0.05, 0) is 30.3 Å². The van der Waals surface area contributed by atoms with Crippen LogP contribution >= 0.6 is 11.3 Å². The van der Waals surface area contributed by atoms with Gasteiger partial charge in [0.1, 0.15) is 5.75 Å². The van der Waals surface area contributed by atoms with E-state index in [9.17, 15) is 13.2 Å². The molecule has 0 aliphatic carbocycles. The molecular formula is C12H12N2O4S2. The van der Waals surface area contributed by atoms with Gasteiger partial charge in [0.25, 0.3) is 15.9 Å². The van der Waals surface area contributed by atoms with Gasteiger partial charge in [-0.1, -0.05) is 0 Å². The molecule has 0 spiro atoms. The molecule has 8 heteroatoms. The number of nitrogens with one attached hydrogen (secondary N) is 1. The largest absolute Gasteiger partial charge is 0.497 e. The maximum atomic E-state index is 12.1. The highest BCUT2D eigenvalue weighted by atomic mass is 32.2. The molecular weight excluding hydrogens is 300 g/mol. The monoisotopic (exact) mass is 312 g/mol. The number of benzene rings is 1. The van der Waals surface area contributed by atoms with E-state index in [2.05, 4.69) is 4.72 Å². The van der Waals surface area contributed by atoms with Crippen molar-refractivity contribution in [1.29, 1.82) is 0 Å². The fraction of sp³-hybridized carbons (Fsp3) is 0.0833. The van der Waals surface area contributed by atoms with Gasteiger partial charge in [0.05, 0.1) is 16.9 Å². The van der Waals surface area contributed by atoms with Gasteiger partial charge in [-0.25, -0.2) is 8.42 Å². The van der Waals surface area contributed by atoms with Crippen LogP contribution in [-0.4, -0.2) is 21.4 Å². The minimum atomic E-state index is -3.73. The zero-order chi connectivity index (χ0) is 14.8. The fourth-order valence-electron chi connectivity index (χ4n) is 1.46. The Balaban J connectivity index is 2.23. The third-order valence-electron chi connectivity index (χ3n) is 2.47. The van der Waals surface area contributed by atoms with Crippen molar-refractivity contribution in [2.75, 3.05) is 11.8 Å². The number of amides is 1. The quantitative estimate of drug-likeness (QED) is 0.877. The summed E-state index contributed by atoms with van der Waals surface area (Å²) in [6.07, 6.45) is 0. The molecule has 1 aromatic heterocycles. The standard InChI is InChI=1S/C12H12N2O4S2/c1-18-9-4-2-8(3-5-9)14-20(16,17)10-6-11(12(13)15)19-7-10/h2-7,14H,1H3,(H2,13,15). The number of carbonyl (C=O) groups is 1. The molecule has 20 heavy (non-hydrogen) atoms. The lowest BCUT2D eigenvalue weighted by Gasteiger charge is -2.07. The van der Waals surface area contributed by atoms with Crippen molar-refractivity contribution >= 4 is 33.0 Å². The van der Waals surface area contributed by atoms with E-state index in [0.717, 1.165) is 11.3 Å². The van der Waals surface area contributed by atoms with E-state index in [1.807, 2.05) is 0 Å². The molecule has 0 bridgehead atoms. The van der Waals surface area contributed by atoms with E-state index >= 15 is 0 Å². The second-order valence-corrected chi connectivity index (χ2v) is 6.44. The van der Waals surface area contributed by atoms with Crippen LogP contribution < -0.4 is 15.2 Å². The van der Waals surface area contributed by atoms with Gasteiger partial charge in [-0.3, -0.25) is 9.52 Å². The summed E-state index contributed by atoms with van der Waals surface area (Å²) in [4.78, 5) is 11.2. The molecule has 0 aliphatic rings. The Kier molecular flexibility index (Phi) is 3.96. The van der Waals surface area contributed by atoms with Crippen LogP contribution in [0.1, 0.15) is 9.67 Å². The summed E-state index contributed by atoms with van der Waals surface area (Å²) in [5.41, 5.74) is 5.50. The van der Waals surface area contributed by atoms with Crippen molar-refractivity contribution < 1.29 is 17.9 Å². The number of hydrogen-bond acceptors (Lipinski definition) is 5. The maximum absolute atomic E-state index is 12.1. The first-order valence-electron chi connectivity index (χ1n) is 5.47. The van der Waals surface area contributed by atoms with Crippen molar-refractivity contribution in [1.82, 2.24) is 0 Å². The number of rotatable bonds is 5. The molecule has 2 rings (SSSR count). The molecule has 0 saturated carbocycles. The first-order chi connectivity index (χ1) is 9.42. The molecule has 2 aromatic rings. The third kappa shape index (κ3) is 3.09. The first-order valence-corrected chi connectivity index (χ1v) is 7.84. The lowest BCUT2D eigenvalue weighted by Crippen LogP contribution is -2.13. The molecule has 1 heterocycles. The smallest absolute Gasteiger partial charge is 0.262 e. The summed E-state index contributed by atoms with van der Waals surface area (Å²) < 4.78 is 31.6. The summed E-state index contributed by atoms with van der Waals surface area (Å²) in [6.45, 7) is 0. The van der Waals surface area contributed by atoms with Crippen LogP contribution in [0.2, 0.25) is 0 Å². The zero-order valence-corrected chi connectivity index (χ0v) is 12.1. The van der Waals surface area contributed by atoms with Gasteiger partial charge >= 0.3 is 0 Å². The number of nitrogens with two attached hydrogens (primary N) is 1. The zero-order valence-electron chi connectivity index (χ0n) is 10.5. The Hall–Kier alpha value is -2.06. The van der Waals surface area contributed by atoms with Crippen molar-refractivity contribution in [2.24, 2.45) is 5.73 Å². The number of ether oxygens (including phenoxy) is 1. The van der Waals surface area contributed by atoms with Crippen molar-refractivity contribution in [2.45, 2.75) is 4.90 Å². The molecule has 0 radical (unpaired) electrons. The second-order valence-electron chi connectivity index (χ2n) is 3.84. The highest BCUT2D eigenvalue weighted by Crippen LogP contribution is 2.23. The minimum Gasteiger partial charge on any atom is -0.497 e. The van der Waals surface area contributed by atoms with Crippen LogP contribution in [0, 0.1) is 0 Å². The number of methoxy groups -OCH3 is 1. The van der Waals surface area contributed by atoms with E-state index in [0.29, 0.717) is 11.4 Å². The predicted molar refractivity (Wildman–Crippen MR) is 76.6 cm³/mol. The molecule has 1 aromatic carbocycles. The number of primary amides is 1. The maximum Gasteiger partial charge on any atom is 0.262 e. The lowest BCUT2D eigenvalue weighted by atomic mass is 10.3. The topological polar surface area (TPSA) is 98.5 Å². The molecule has 0 fully saturated rings. The SMILES string of the molecule is COc1ccc(NS(=O)(=O)c2csc(C(N)=O)c2)cc1. The van der Waals surface area contributed by atoms with Crippen molar-refractivity contribution in [3.63, 3.8) is 0 Å². The van der Waals surface area contributed by atoms with Gasteiger partial charge in [0, 0.05) is 11.1 Å². The Morgan fingerprint density at radius 3 is 2.45 bits per heavy atom. The van der Waals surface area contributed by atoms with Crippen LogP contribution in [0.15, 0.2) is 40.6 Å². The van der Waals surface area contributed by atoms with Gasteiger partial charge in [0.2, 0.25) is 0 Å². The van der Waals surface area contributed by atoms with E-state index in [-0.39, 0.29) is 9.77 Å². The Morgan fingerprint density at radius 1 is 1.30 bits per heavy atom. The molecule has 0 atom stereocenters. The predicted octanol–water partition coefficient (Wildman–Crippen LogP) is 1.66. The average molecular weight is 312 g/mol. The van der Waals surface area contributed by atoms with E-state index < -0.39 is 15.9 Å². The number of hydrogen-bond donors (Lipinski definition) is 2. The second kappa shape index (κ2) is 5.51. The van der Waals surface area contributed by atoms with Crippen molar-refractivity contribution in [3.8, 4) is 5.75 Å². The normalized spacial score (nSPS) is 11.1. The molecule has 6 nitrogen and oxygen atoms in total. The Morgan fingerprint density at radius 2 is 1.95 bits per heavy atom. The van der Waals surface area contributed by atoms with Gasteiger partial charge in [0.15, 0.2) is 0 Å². The molecule has 106 valence electrons. The van der Waals surface area contributed by atoms with E-state index in [1.54, 1.807) is 24.3 Å². The molecule has 0 aliphatic heterocycles. The molecule has 1 amide bonds. The van der Waals surface area contributed by atoms with E-state index in [4.69, 9.17) is 10.5 Å². The summed E-state index contributed by atoms with van der Waals surface area (Å²) in [6, 6.07) is 7.69. The average Bonchev–Trinajstić information content (AvgIpc) is 2.90. The fourth-order valence-corrected chi connectivity index (χ4v) is 3.65. The van der Waals surface area contributed by atoms with Crippen LogP contribution in [0.5, 0.6) is 5.75 Å². The summed E-state index contributed by atoms with van der Waals surface area (Å²) in [7, 11) is -2.21. The highest BCUT2D eigenvalue weighted by Gasteiger charge is 2.18. The van der Waals surface area contributed by atoms with Crippen LogP contribution in [0.3, 0.4) is 0 Å². The number of sulfonamides is 1. The first kappa shape index (κ1) is 14.4. The Bertz CT molecular complexity index is 720. The molecule has 3 N–H and O–H groups in total. The van der Waals surface area contributed by atoms with Crippen LogP contribution in [0.4, 0.5) is 5.69 Å². The Labute approximate surface area is 120 Å². The van der Waals surface area contributed by atoms with Gasteiger partial charge < -0.3 is 10.5 Å². The molecule has 0 saturated heterocycles. The van der Waals surface area contributed by atoms with Crippen LogP contribution in [-0.2, 0) is 10.0 Å². The summed E-state index contributed by atoms with van der Waals surface area (Å²) in [5, 5.41) is 1.37. The van der Waals surface area contributed by atoms with Gasteiger partial charge in [-0.2, -0.15) is 0 Å². The third-order valence-corrected chi connectivity index (χ3v) is 4.93. The van der Waals surface area contributed by atoms with Crippen LogP contribution in [0.25, 0.3) is 0 Å². The van der Waals surface area contributed by atoms with Crippen molar-refractivity contribution in [3.05, 3.63) is 40.6 Å². The lowest BCUT2D eigenvalue weighted by molar-refractivity contribution is 0.100. The van der Waals surface area contributed by atoms with E-state index in [1.165, 1.54) is 18.6 Å². The minimum absolute atomic E-state index is 0.00659. The number of anilines is 1. The summed E-state index contributed by atoms with van der Waals surface area (Å²) in [5.74, 6) is -0.0274. The number of thiophene rings is 1. The summed E-state index contributed by atoms with van der Waals surface area (Å²) >= 11 is 0.987. The van der Waals surface area contributed by atoms with Gasteiger partial charge in [-0.15, -0.1) is 11.3 Å². The highest BCUT2D eigenvalue weighted by molar-refractivity contribution is 7.92. The molecule has 0 unspecified atom stereocenters. The number of carbonyl (C=O) groups excluding carboxylic acids is 1.